The molecule has 152 valence electrons. The molecule has 0 spiro atoms. The molecule has 9 heteroatoms. The molecule has 0 bridgehead atoms. The number of aromatic amines is 1. The standard InChI is InChI=1S/C19H27N5O4/c1-3-6-20-19(26)27-11-13-4-5-14(8-13)16-10-17(23-22-16)21-18(25)9-15-7-12(2)24-28-15/h7,10,13-14H,3-6,8-9,11H2,1-2H3,(H,20,26)(H2,21,22,23,25)/t13?,14-/m0/s1. The summed E-state index contributed by atoms with van der Waals surface area (Å²) < 4.78 is 10.3. The molecule has 28 heavy (non-hydrogen) atoms. The summed E-state index contributed by atoms with van der Waals surface area (Å²) in [5.41, 5.74) is 1.73. The number of carbonyl (C=O) groups is 2. The van der Waals surface area contributed by atoms with E-state index in [-0.39, 0.29) is 18.4 Å². The maximum Gasteiger partial charge on any atom is 0.407 e. The number of H-pyrrole nitrogens is 1. The van der Waals surface area contributed by atoms with Gasteiger partial charge in [0, 0.05) is 30.3 Å². The Morgan fingerprint density at radius 1 is 1.36 bits per heavy atom. The average molecular weight is 389 g/mol. The van der Waals surface area contributed by atoms with E-state index < -0.39 is 0 Å². The third-order valence-corrected chi connectivity index (χ3v) is 4.83. The van der Waals surface area contributed by atoms with Crippen LogP contribution in [0, 0.1) is 12.8 Å². The van der Waals surface area contributed by atoms with Gasteiger partial charge >= 0.3 is 6.09 Å². The van der Waals surface area contributed by atoms with Crippen molar-refractivity contribution in [3.8, 4) is 0 Å². The van der Waals surface area contributed by atoms with Crippen molar-refractivity contribution in [3.63, 3.8) is 0 Å². The number of rotatable bonds is 8. The molecule has 2 atom stereocenters. The van der Waals surface area contributed by atoms with E-state index in [1.54, 1.807) is 6.07 Å². The topological polar surface area (TPSA) is 122 Å². The maximum atomic E-state index is 12.1. The lowest BCUT2D eigenvalue weighted by atomic mass is 10.0. The predicted octanol–water partition coefficient (Wildman–Crippen LogP) is 2.91. The van der Waals surface area contributed by atoms with Crippen LogP contribution in [-0.4, -0.2) is 40.5 Å². The van der Waals surface area contributed by atoms with E-state index in [1.807, 2.05) is 19.9 Å². The molecule has 1 aliphatic rings. The number of nitrogens with one attached hydrogen (secondary N) is 3. The molecular formula is C19H27N5O4. The van der Waals surface area contributed by atoms with Gasteiger partial charge in [0.1, 0.15) is 5.76 Å². The van der Waals surface area contributed by atoms with Gasteiger partial charge < -0.3 is 19.9 Å². The first kappa shape index (κ1) is 19.9. The van der Waals surface area contributed by atoms with Crippen molar-refractivity contribution in [1.82, 2.24) is 20.7 Å². The number of amides is 2. The van der Waals surface area contributed by atoms with E-state index in [9.17, 15) is 9.59 Å². The summed E-state index contributed by atoms with van der Waals surface area (Å²) in [4.78, 5) is 23.6. The molecule has 1 aliphatic carbocycles. The molecule has 1 unspecified atom stereocenters. The second kappa shape index (κ2) is 9.38. The molecule has 3 rings (SSSR count). The SMILES string of the molecule is CCCNC(=O)OCC1CC[C@H](c2cc(NC(=O)Cc3cc(C)no3)n[nH]2)C1. The van der Waals surface area contributed by atoms with Crippen molar-refractivity contribution in [2.75, 3.05) is 18.5 Å². The lowest BCUT2D eigenvalue weighted by molar-refractivity contribution is -0.115. The molecule has 0 radical (unpaired) electrons. The normalized spacial score (nSPS) is 18.8. The Bertz CT molecular complexity index is 800. The van der Waals surface area contributed by atoms with Crippen molar-refractivity contribution < 1.29 is 18.8 Å². The molecular weight excluding hydrogens is 362 g/mol. The Kier molecular flexibility index (Phi) is 6.67. The zero-order chi connectivity index (χ0) is 19.9. The summed E-state index contributed by atoms with van der Waals surface area (Å²) in [6, 6.07) is 3.60. The summed E-state index contributed by atoms with van der Waals surface area (Å²) in [6.45, 7) is 4.87. The average Bonchev–Trinajstić information content (AvgIpc) is 3.39. The quantitative estimate of drug-likeness (QED) is 0.638. The van der Waals surface area contributed by atoms with Gasteiger partial charge in [0.05, 0.1) is 18.7 Å². The Hall–Kier alpha value is -2.84. The van der Waals surface area contributed by atoms with E-state index in [1.165, 1.54) is 0 Å². The van der Waals surface area contributed by atoms with Gasteiger partial charge in [-0.1, -0.05) is 12.1 Å². The second-order valence-corrected chi connectivity index (χ2v) is 7.27. The minimum Gasteiger partial charge on any atom is -0.449 e. The third kappa shape index (κ3) is 5.58. The third-order valence-electron chi connectivity index (χ3n) is 4.83. The first-order chi connectivity index (χ1) is 13.5. The Morgan fingerprint density at radius 3 is 2.96 bits per heavy atom. The van der Waals surface area contributed by atoms with Gasteiger partial charge in [0.15, 0.2) is 5.82 Å². The van der Waals surface area contributed by atoms with Crippen molar-refractivity contribution in [2.24, 2.45) is 5.92 Å². The van der Waals surface area contributed by atoms with Crippen LogP contribution in [0.5, 0.6) is 0 Å². The zero-order valence-electron chi connectivity index (χ0n) is 16.3. The van der Waals surface area contributed by atoms with Crippen molar-refractivity contribution in [3.05, 3.63) is 29.3 Å². The molecule has 0 aliphatic heterocycles. The Morgan fingerprint density at radius 2 is 2.21 bits per heavy atom. The van der Waals surface area contributed by atoms with Crippen molar-refractivity contribution in [2.45, 2.75) is 51.9 Å². The minimum atomic E-state index is -0.348. The molecule has 0 aromatic carbocycles. The molecule has 2 aromatic heterocycles. The monoisotopic (exact) mass is 389 g/mol. The smallest absolute Gasteiger partial charge is 0.407 e. The molecule has 2 heterocycles. The molecule has 1 saturated carbocycles. The largest absolute Gasteiger partial charge is 0.449 e. The van der Waals surface area contributed by atoms with E-state index in [0.717, 1.165) is 37.1 Å². The van der Waals surface area contributed by atoms with E-state index in [2.05, 4.69) is 26.0 Å². The number of anilines is 1. The molecule has 1 fully saturated rings. The van der Waals surface area contributed by atoms with E-state index in [0.29, 0.717) is 36.6 Å². The number of hydrogen-bond donors (Lipinski definition) is 3. The summed E-state index contributed by atoms with van der Waals surface area (Å²) in [6.07, 6.45) is 3.57. The fraction of sp³-hybridized carbons (Fsp3) is 0.579. The number of alkyl carbamates (subject to hydrolysis) is 1. The van der Waals surface area contributed by atoms with E-state index in [4.69, 9.17) is 9.26 Å². The number of aromatic nitrogens is 3. The summed E-state index contributed by atoms with van der Waals surface area (Å²) in [5, 5.41) is 16.4. The van der Waals surface area contributed by atoms with Gasteiger partial charge in [-0.15, -0.1) is 0 Å². The first-order valence-corrected chi connectivity index (χ1v) is 9.71. The maximum absolute atomic E-state index is 12.1. The lowest BCUT2D eigenvalue weighted by Gasteiger charge is -2.11. The van der Waals surface area contributed by atoms with Gasteiger partial charge in [-0.05, 0) is 38.5 Å². The highest BCUT2D eigenvalue weighted by molar-refractivity contribution is 5.91. The fourth-order valence-electron chi connectivity index (χ4n) is 3.44. The van der Waals surface area contributed by atoms with Crippen molar-refractivity contribution >= 4 is 17.8 Å². The van der Waals surface area contributed by atoms with Crippen molar-refractivity contribution in [1.29, 1.82) is 0 Å². The molecule has 3 N–H and O–H groups in total. The van der Waals surface area contributed by atoms with Gasteiger partial charge in [-0.2, -0.15) is 5.10 Å². The second-order valence-electron chi connectivity index (χ2n) is 7.27. The zero-order valence-corrected chi connectivity index (χ0v) is 16.3. The summed E-state index contributed by atoms with van der Waals surface area (Å²) in [5.74, 6) is 1.48. The van der Waals surface area contributed by atoms with Crippen LogP contribution in [0.4, 0.5) is 10.6 Å². The van der Waals surface area contributed by atoms with Crippen LogP contribution in [0.3, 0.4) is 0 Å². The predicted molar refractivity (Wildman–Crippen MR) is 102 cm³/mol. The van der Waals surface area contributed by atoms with Crippen LogP contribution in [0.1, 0.15) is 55.7 Å². The molecule has 0 saturated heterocycles. The van der Waals surface area contributed by atoms with Gasteiger partial charge in [0.2, 0.25) is 5.91 Å². The highest BCUT2D eigenvalue weighted by Gasteiger charge is 2.28. The number of ether oxygens (including phenoxy) is 1. The number of hydrogen-bond acceptors (Lipinski definition) is 6. The molecule has 9 nitrogen and oxygen atoms in total. The summed E-state index contributed by atoms with van der Waals surface area (Å²) >= 11 is 0. The van der Waals surface area contributed by atoms with E-state index >= 15 is 0 Å². The number of carbonyl (C=O) groups excluding carboxylic acids is 2. The highest BCUT2D eigenvalue weighted by atomic mass is 16.5. The molecule has 2 aromatic rings. The summed E-state index contributed by atoms with van der Waals surface area (Å²) in [7, 11) is 0. The van der Waals surface area contributed by atoms with Gasteiger partial charge in [-0.25, -0.2) is 4.79 Å². The Balaban J connectivity index is 1.44. The minimum absolute atomic E-state index is 0.117. The van der Waals surface area contributed by atoms with Crippen LogP contribution < -0.4 is 10.6 Å². The van der Waals surface area contributed by atoms with Gasteiger partial charge in [-0.3, -0.25) is 9.89 Å². The van der Waals surface area contributed by atoms with Crippen LogP contribution in [0.25, 0.3) is 0 Å². The molecule has 2 amide bonds. The number of aryl methyl sites for hydroxylation is 1. The number of nitrogens with zero attached hydrogens (tertiary/aromatic N) is 2. The van der Waals surface area contributed by atoms with Crippen LogP contribution in [0.15, 0.2) is 16.7 Å². The van der Waals surface area contributed by atoms with Gasteiger partial charge in [0.25, 0.3) is 0 Å². The lowest BCUT2D eigenvalue weighted by Crippen LogP contribution is -2.26. The fourth-order valence-corrected chi connectivity index (χ4v) is 3.44. The Labute approximate surface area is 163 Å². The first-order valence-electron chi connectivity index (χ1n) is 9.71. The highest BCUT2D eigenvalue weighted by Crippen LogP contribution is 2.38. The van der Waals surface area contributed by atoms with Crippen LogP contribution in [-0.2, 0) is 16.0 Å². The van der Waals surface area contributed by atoms with Crippen LogP contribution in [0.2, 0.25) is 0 Å². The van der Waals surface area contributed by atoms with Crippen LogP contribution >= 0.6 is 0 Å².